The van der Waals surface area contributed by atoms with Gasteiger partial charge in [0, 0.05) is 18.3 Å². The maximum Gasteiger partial charge on any atom is 0.0402 e. The van der Waals surface area contributed by atoms with Crippen LogP contribution in [0.5, 0.6) is 0 Å². The molecule has 0 aliphatic carbocycles. The average molecular weight is 275 g/mol. The number of piperidine rings is 1. The summed E-state index contributed by atoms with van der Waals surface area (Å²) in [4.78, 5) is 2.62. The topological polar surface area (TPSA) is 15.3 Å². The molecule has 1 aromatic rings. The number of halogens is 2. The Kier molecular flexibility index (Phi) is 5.57. The first kappa shape index (κ1) is 14.6. The van der Waals surface area contributed by atoms with Gasteiger partial charge in [-0.15, -0.1) is 24.8 Å². The zero-order chi connectivity index (χ0) is 10.1. The second-order valence-corrected chi connectivity index (χ2v) is 4.55. The molecule has 1 aromatic carbocycles. The minimum absolute atomic E-state index is 0. The highest BCUT2D eigenvalue weighted by atomic mass is 35.5. The van der Waals surface area contributed by atoms with E-state index in [1.165, 1.54) is 50.1 Å². The predicted molar refractivity (Wildman–Crippen MR) is 77.9 cm³/mol. The predicted octanol–water partition coefficient (Wildman–Crippen LogP) is 2.64. The lowest BCUT2D eigenvalue weighted by Gasteiger charge is -2.33. The number of hydrogen-bond acceptors (Lipinski definition) is 2. The van der Waals surface area contributed by atoms with E-state index in [4.69, 9.17) is 0 Å². The Hall–Kier alpha value is -0.440. The Morgan fingerprint density at radius 2 is 1.76 bits per heavy atom. The molecule has 0 bridgehead atoms. The van der Waals surface area contributed by atoms with E-state index in [0.717, 1.165) is 6.04 Å². The lowest BCUT2D eigenvalue weighted by atomic mass is 10.0. The largest absolute Gasteiger partial charge is 0.368 e. The Balaban J connectivity index is 0.000000722. The van der Waals surface area contributed by atoms with Gasteiger partial charge in [0.05, 0.1) is 0 Å². The third-order valence-corrected chi connectivity index (χ3v) is 3.67. The number of nitrogens with one attached hydrogen (secondary N) is 1. The first-order valence-corrected chi connectivity index (χ1v) is 6.00. The van der Waals surface area contributed by atoms with Gasteiger partial charge in [-0.2, -0.15) is 0 Å². The zero-order valence-corrected chi connectivity index (χ0v) is 11.5. The normalized spacial score (nSPS) is 19.2. The molecule has 2 aliphatic rings. The van der Waals surface area contributed by atoms with Gasteiger partial charge < -0.3 is 10.2 Å². The Morgan fingerprint density at radius 1 is 1.06 bits per heavy atom. The smallest absolute Gasteiger partial charge is 0.0402 e. The van der Waals surface area contributed by atoms with E-state index < -0.39 is 0 Å². The molecule has 0 aromatic heterocycles. The number of hydrogen-bond donors (Lipinski definition) is 1. The Morgan fingerprint density at radius 3 is 2.53 bits per heavy atom. The lowest BCUT2D eigenvalue weighted by molar-refractivity contribution is 0.435. The molecular weight excluding hydrogens is 255 g/mol. The molecule has 4 heteroatoms. The van der Waals surface area contributed by atoms with Crippen LogP contribution in [0.15, 0.2) is 24.3 Å². The van der Waals surface area contributed by atoms with Crippen molar-refractivity contribution in [2.75, 3.05) is 24.5 Å². The van der Waals surface area contributed by atoms with E-state index in [0.29, 0.717) is 0 Å². The minimum atomic E-state index is 0. The Bertz CT molecular complexity index is 351. The van der Waals surface area contributed by atoms with Gasteiger partial charge in [0.1, 0.15) is 0 Å². The second-order valence-electron chi connectivity index (χ2n) is 4.55. The summed E-state index contributed by atoms with van der Waals surface area (Å²) in [7, 11) is 0. The number of rotatable bonds is 1. The van der Waals surface area contributed by atoms with Crippen LogP contribution in [0.25, 0.3) is 0 Å². The molecule has 2 nitrogen and oxygen atoms in total. The van der Waals surface area contributed by atoms with Crippen LogP contribution in [-0.2, 0) is 6.42 Å². The van der Waals surface area contributed by atoms with E-state index in [9.17, 15) is 0 Å². The van der Waals surface area contributed by atoms with Crippen LogP contribution in [0.1, 0.15) is 18.4 Å². The molecule has 96 valence electrons. The number of fused-ring (bicyclic) bond motifs is 1. The maximum atomic E-state index is 3.44. The third-order valence-electron chi connectivity index (χ3n) is 3.67. The summed E-state index contributed by atoms with van der Waals surface area (Å²) in [6.45, 7) is 3.59. The molecule has 2 heterocycles. The van der Waals surface area contributed by atoms with Gasteiger partial charge in [0.15, 0.2) is 0 Å². The summed E-state index contributed by atoms with van der Waals surface area (Å²) in [5.74, 6) is 0. The lowest BCUT2D eigenvalue weighted by Crippen LogP contribution is -2.42. The van der Waals surface area contributed by atoms with Crippen LogP contribution >= 0.6 is 24.8 Å². The first-order valence-electron chi connectivity index (χ1n) is 6.00. The van der Waals surface area contributed by atoms with Gasteiger partial charge in [-0.3, -0.25) is 0 Å². The van der Waals surface area contributed by atoms with Crippen molar-refractivity contribution in [1.82, 2.24) is 5.32 Å². The van der Waals surface area contributed by atoms with E-state index in [1.807, 2.05) is 0 Å². The van der Waals surface area contributed by atoms with Crippen molar-refractivity contribution in [3.63, 3.8) is 0 Å². The van der Waals surface area contributed by atoms with Crippen molar-refractivity contribution >= 4 is 30.5 Å². The van der Waals surface area contributed by atoms with Gasteiger partial charge in [-0.1, -0.05) is 18.2 Å². The Labute approximate surface area is 116 Å². The minimum Gasteiger partial charge on any atom is -0.368 e. The molecule has 1 saturated heterocycles. The summed E-state index contributed by atoms with van der Waals surface area (Å²) < 4.78 is 0. The van der Waals surface area contributed by atoms with Crippen LogP contribution in [0.3, 0.4) is 0 Å². The number of para-hydroxylation sites is 1. The van der Waals surface area contributed by atoms with Crippen LogP contribution in [0.4, 0.5) is 5.69 Å². The van der Waals surface area contributed by atoms with Crippen molar-refractivity contribution in [3.05, 3.63) is 29.8 Å². The molecule has 17 heavy (non-hydrogen) atoms. The van der Waals surface area contributed by atoms with Gasteiger partial charge in [-0.25, -0.2) is 0 Å². The summed E-state index contributed by atoms with van der Waals surface area (Å²) in [6, 6.07) is 9.65. The van der Waals surface area contributed by atoms with Crippen LogP contribution < -0.4 is 10.2 Å². The fraction of sp³-hybridized carbons (Fsp3) is 0.538. The van der Waals surface area contributed by atoms with Crippen molar-refractivity contribution in [3.8, 4) is 0 Å². The molecule has 1 fully saturated rings. The molecule has 0 atom stereocenters. The molecule has 0 spiro atoms. The van der Waals surface area contributed by atoms with Gasteiger partial charge in [0.25, 0.3) is 0 Å². The average Bonchev–Trinajstić information content (AvgIpc) is 2.74. The summed E-state index contributed by atoms with van der Waals surface area (Å²) in [6.07, 6.45) is 3.84. The van der Waals surface area contributed by atoms with Crippen molar-refractivity contribution in [2.24, 2.45) is 0 Å². The fourth-order valence-corrected chi connectivity index (χ4v) is 2.86. The SMILES string of the molecule is Cl.Cl.c1ccc2c(c1)CCN2C1CCNCC1. The summed E-state index contributed by atoms with van der Waals surface area (Å²) >= 11 is 0. The van der Waals surface area contributed by atoms with Crippen molar-refractivity contribution in [2.45, 2.75) is 25.3 Å². The highest BCUT2D eigenvalue weighted by Crippen LogP contribution is 2.31. The molecule has 1 N–H and O–H groups in total. The van der Waals surface area contributed by atoms with Gasteiger partial charge in [0.2, 0.25) is 0 Å². The van der Waals surface area contributed by atoms with E-state index in [2.05, 4.69) is 34.5 Å². The van der Waals surface area contributed by atoms with E-state index in [-0.39, 0.29) is 24.8 Å². The van der Waals surface area contributed by atoms with Crippen molar-refractivity contribution in [1.29, 1.82) is 0 Å². The number of nitrogens with zero attached hydrogens (tertiary/aromatic N) is 1. The molecule has 0 saturated carbocycles. The second kappa shape index (κ2) is 6.48. The quantitative estimate of drug-likeness (QED) is 0.847. The molecule has 2 aliphatic heterocycles. The summed E-state index contributed by atoms with van der Waals surface area (Å²) in [5.41, 5.74) is 3.03. The van der Waals surface area contributed by atoms with E-state index in [1.54, 1.807) is 0 Å². The number of anilines is 1. The van der Waals surface area contributed by atoms with E-state index >= 15 is 0 Å². The summed E-state index contributed by atoms with van der Waals surface area (Å²) in [5, 5.41) is 3.44. The molecule has 0 radical (unpaired) electrons. The fourth-order valence-electron chi connectivity index (χ4n) is 2.86. The van der Waals surface area contributed by atoms with Crippen molar-refractivity contribution < 1.29 is 0 Å². The monoisotopic (exact) mass is 274 g/mol. The maximum absolute atomic E-state index is 3.44. The highest BCUT2D eigenvalue weighted by molar-refractivity contribution is 5.85. The van der Waals surface area contributed by atoms with Crippen LogP contribution in [0.2, 0.25) is 0 Å². The standard InChI is InChI=1S/C13H18N2.2ClH/c1-2-4-13-11(3-1)7-10-15(13)12-5-8-14-9-6-12;;/h1-4,12,14H,5-10H2;2*1H. The molecule has 0 unspecified atom stereocenters. The highest BCUT2D eigenvalue weighted by Gasteiger charge is 2.26. The third kappa shape index (κ3) is 2.87. The zero-order valence-electron chi connectivity index (χ0n) is 9.89. The molecule has 0 amide bonds. The van der Waals surface area contributed by atoms with Gasteiger partial charge >= 0.3 is 0 Å². The first-order chi connectivity index (χ1) is 7.45. The van der Waals surface area contributed by atoms with Gasteiger partial charge in [-0.05, 0) is 44.0 Å². The van der Waals surface area contributed by atoms with Crippen LogP contribution in [-0.4, -0.2) is 25.7 Å². The molecular formula is C13H20Cl2N2. The van der Waals surface area contributed by atoms with Crippen LogP contribution in [0, 0.1) is 0 Å². The number of benzene rings is 1. The molecule has 3 rings (SSSR count).